The SMILES string of the molecule is CNC(Cc1nc2ccccc2o1)c1c(F)cccc1Br. The van der Waals surface area contributed by atoms with Crippen LogP contribution in [-0.2, 0) is 6.42 Å². The quantitative estimate of drug-likeness (QED) is 0.766. The Morgan fingerprint density at radius 3 is 2.76 bits per heavy atom. The molecule has 5 heteroatoms. The van der Waals surface area contributed by atoms with Crippen molar-refractivity contribution >= 4 is 27.0 Å². The van der Waals surface area contributed by atoms with E-state index in [2.05, 4.69) is 26.2 Å². The Morgan fingerprint density at radius 1 is 1.24 bits per heavy atom. The summed E-state index contributed by atoms with van der Waals surface area (Å²) in [7, 11) is 1.80. The number of hydrogen-bond donors (Lipinski definition) is 1. The predicted molar refractivity (Wildman–Crippen MR) is 83.6 cm³/mol. The van der Waals surface area contributed by atoms with Gasteiger partial charge in [0, 0.05) is 22.5 Å². The average Bonchev–Trinajstić information content (AvgIpc) is 2.88. The first-order valence-corrected chi connectivity index (χ1v) is 7.44. The second-order valence-electron chi connectivity index (χ2n) is 4.76. The van der Waals surface area contributed by atoms with Crippen LogP contribution in [0.5, 0.6) is 0 Å². The zero-order valence-corrected chi connectivity index (χ0v) is 13.0. The Kier molecular flexibility index (Phi) is 4.03. The molecule has 0 saturated carbocycles. The molecule has 1 atom stereocenters. The highest BCUT2D eigenvalue weighted by atomic mass is 79.9. The number of para-hydroxylation sites is 2. The Hall–Kier alpha value is -1.72. The molecule has 3 aromatic rings. The fraction of sp³-hybridized carbons (Fsp3) is 0.188. The van der Waals surface area contributed by atoms with Crippen molar-refractivity contribution in [3.05, 3.63) is 64.2 Å². The Morgan fingerprint density at radius 2 is 2.05 bits per heavy atom. The molecular weight excluding hydrogens is 335 g/mol. The van der Waals surface area contributed by atoms with Crippen LogP contribution in [0.4, 0.5) is 4.39 Å². The molecule has 0 radical (unpaired) electrons. The van der Waals surface area contributed by atoms with Crippen molar-refractivity contribution in [2.75, 3.05) is 7.05 Å². The first-order chi connectivity index (χ1) is 10.2. The molecule has 1 N–H and O–H groups in total. The van der Waals surface area contributed by atoms with Crippen LogP contribution in [0.15, 0.2) is 51.4 Å². The van der Waals surface area contributed by atoms with Gasteiger partial charge < -0.3 is 9.73 Å². The van der Waals surface area contributed by atoms with Gasteiger partial charge in [0.25, 0.3) is 0 Å². The van der Waals surface area contributed by atoms with Crippen LogP contribution < -0.4 is 5.32 Å². The van der Waals surface area contributed by atoms with E-state index in [-0.39, 0.29) is 11.9 Å². The Bertz CT molecular complexity index is 719. The summed E-state index contributed by atoms with van der Waals surface area (Å²) in [5.41, 5.74) is 2.15. The van der Waals surface area contributed by atoms with Crippen molar-refractivity contribution < 1.29 is 8.81 Å². The molecule has 1 heterocycles. The van der Waals surface area contributed by atoms with Crippen LogP contribution in [0.2, 0.25) is 0 Å². The number of nitrogens with one attached hydrogen (secondary N) is 1. The van der Waals surface area contributed by atoms with E-state index >= 15 is 0 Å². The number of rotatable bonds is 4. The van der Waals surface area contributed by atoms with Gasteiger partial charge in [-0.15, -0.1) is 0 Å². The van der Waals surface area contributed by atoms with Gasteiger partial charge in [-0.05, 0) is 31.3 Å². The molecule has 21 heavy (non-hydrogen) atoms. The third kappa shape index (κ3) is 2.84. The fourth-order valence-electron chi connectivity index (χ4n) is 2.37. The van der Waals surface area contributed by atoms with E-state index in [4.69, 9.17) is 4.42 Å². The number of aromatic nitrogens is 1. The summed E-state index contributed by atoms with van der Waals surface area (Å²) in [6.07, 6.45) is 0.477. The number of fused-ring (bicyclic) bond motifs is 1. The van der Waals surface area contributed by atoms with Crippen molar-refractivity contribution in [2.24, 2.45) is 0 Å². The summed E-state index contributed by atoms with van der Waals surface area (Å²) in [6, 6.07) is 12.3. The molecule has 2 aromatic carbocycles. The molecule has 3 nitrogen and oxygen atoms in total. The lowest BCUT2D eigenvalue weighted by molar-refractivity contribution is 0.460. The molecule has 0 saturated heterocycles. The van der Waals surface area contributed by atoms with E-state index in [1.165, 1.54) is 6.07 Å². The van der Waals surface area contributed by atoms with Gasteiger partial charge in [-0.3, -0.25) is 0 Å². The largest absolute Gasteiger partial charge is 0.441 e. The molecular formula is C16H14BrFN2O. The minimum atomic E-state index is -0.250. The summed E-state index contributed by atoms with van der Waals surface area (Å²) in [5.74, 6) is 0.338. The van der Waals surface area contributed by atoms with Gasteiger partial charge in [0.15, 0.2) is 11.5 Å². The highest BCUT2D eigenvalue weighted by molar-refractivity contribution is 9.10. The van der Waals surface area contributed by atoms with E-state index in [0.717, 1.165) is 15.6 Å². The number of hydrogen-bond acceptors (Lipinski definition) is 3. The maximum Gasteiger partial charge on any atom is 0.197 e. The molecule has 0 bridgehead atoms. The van der Waals surface area contributed by atoms with Crippen molar-refractivity contribution in [3.63, 3.8) is 0 Å². The summed E-state index contributed by atoms with van der Waals surface area (Å²) in [4.78, 5) is 4.44. The van der Waals surface area contributed by atoms with Crippen molar-refractivity contribution in [2.45, 2.75) is 12.5 Å². The first-order valence-electron chi connectivity index (χ1n) is 6.64. The van der Waals surface area contributed by atoms with E-state index in [1.54, 1.807) is 13.1 Å². The number of benzene rings is 2. The maximum atomic E-state index is 14.1. The lowest BCUT2D eigenvalue weighted by atomic mass is 10.0. The Labute approximate surface area is 130 Å². The standard InChI is InChI=1S/C16H14BrFN2O/c1-19-13(16-10(17)5-4-6-11(16)18)9-15-20-12-7-2-3-8-14(12)21-15/h2-8,13,19H,9H2,1H3. The van der Waals surface area contributed by atoms with Gasteiger partial charge in [-0.1, -0.05) is 34.1 Å². The minimum Gasteiger partial charge on any atom is -0.441 e. The van der Waals surface area contributed by atoms with Crippen LogP contribution in [-0.4, -0.2) is 12.0 Å². The molecule has 0 spiro atoms. The second kappa shape index (κ2) is 5.95. The van der Waals surface area contributed by atoms with E-state index in [9.17, 15) is 4.39 Å². The van der Waals surface area contributed by atoms with Crippen molar-refractivity contribution in [1.29, 1.82) is 0 Å². The van der Waals surface area contributed by atoms with Gasteiger partial charge in [0.05, 0.1) is 0 Å². The molecule has 0 fully saturated rings. The van der Waals surface area contributed by atoms with E-state index in [1.807, 2.05) is 30.3 Å². The third-order valence-electron chi connectivity index (χ3n) is 3.41. The topological polar surface area (TPSA) is 38.1 Å². The molecule has 3 rings (SSSR count). The molecule has 0 aliphatic carbocycles. The third-order valence-corrected chi connectivity index (χ3v) is 4.11. The van der Waals surface area contributed by atoms with Gasteiger partial charge in [0.2, 0.25) is 0 Å². The normalized spacial score (nSPS) is 12.7. The fourth-order valence-corrected chi connectivity index (χ4v) is 2.99. The van der Waals surface area contributed by atoms with E-state index in [0.29, 0.717) is 17.9 Å². The minimum absolute atomic E-state index is 0.214. The van der Waals surface area contributed by atoms with Crippen LogP contribution in [0, 0.1) is 5.82 Å². The Balaban J connectivity index is 1.94. The van der Waals surface area contributed by atoms with Gasteiger partial charge >= 0.3 is 0 Å². The number of halogens is 2. The van der Waals surface area contributed by atoms with Crippen molar-refractivity contribution in [3.8, 4) is 0 Å². The second-order valence-corrected chi connectivity index (χ2v) is 5.61. The van der Waals surface area contributed by atoms with Gasteiger partial charge in [-0.2, -0.15) is 0 Å². The highest BCUT2D eigenvalue weighted by Crippen LogP contribution is 2.29. The van der Waals surface area contributed by atoms with Gasteiger partial charge in [-0.25, -0.2) is 9.37 Å². The predicted octanol–water partition coefficient (Wildman–Crippen LogP) is 4.23. The summed E-state index contributed by atoms with van der Waals surface area (Å²) in [5, 5.41) is 3.12. The van der Waals surface area contributed by atoms with Gasteiger partial charge in [0.1, 0.15) is 11.3 Å². The van der Waals surface area contributed by atoms with Crippen LogP contribution in [0.1, 0.15) is 17.5 Å². The number of nitrogens with zero attached hydrogens (tertiary/aromatic N) is 1. The zero-order valence-electron chi connectivity index (χ0n) is 11.4. The lowest BCUT2D eigenvalue weighted by Crippen LogP contribution is -2.20. The lowest BCUT2D eigenvalue weighted by Gasteiger charge is -2.17. The van der Waals surface area contributed by atoms with Crippen LogP contribution >= 0.6 is 15.9 Å². The highest BCUT2D eigenvalue weighted by Gasteiger charge is 2.20. The summed E-state index contributed by atoms with van der Waals surface area (Å²) < 4.78 is 20.5. The molecule has 1 aromatic heterocycles. The number of likely N-dealkylation sites (N-methyl/N-ethyl adjacent to an activating group) is 1. The smallest absolute Gasteiger partial charge is 0.197 e. The summed E-state index contributed by atoms with van der Waals surface area (Å²) in [6.45, 7) is 0. The van der Waals surface area contributed by atoms with E-state index < -0.39 is 0 Å². The molecule has 0 aliphatic heterocycles. The molecule has 0 aliphatic rings. The number of oxazole rings is 1. The zero-order chi connectivity index (χ0) is 14.8. The maximum absolute atomic E-state index is 14.1. The molecule has 0 amide bonds. The monoisotopic (exact) mass is 348 g/mol. The first kappa shape index (κ1) is 14.2. The van der Waals surface area contributed by atoms with Crippen molar-refractivity contribution in [1.82, 2.24) is 10.3 Å². The van der Waals surface area contributed by atoms with Crippen LogP contribution in [0.25, 0.3) is 11.1 Å². The average molecular weight is 349 g/mol. The summed E-state index contributed by atoms with van der Waals surface area (Å²) >= 11 is 3.41. The molecule has 1 unspecified atom stereocenters. The molecule has 108 valence electrons. The van der Waals surface area contributed by atoms with Crippen LogP contribution in [0.3, 0.4) is 0 Å².